The molecule has 0 amide bonds. The third kappa shape index (κ3) is 1.71. The molecule has 0 aliphatic rings. The van der Waals surface area contributed by atoms with Gasteiger partial charge in [0.25, 0.3) is 0 Å². The summed E-state index contributed by atoms with van der Waals surface area (Å²) in [6.07, 6.45) is 0. The minimum Gasteiger partial charge on any atom is -0.595 e. The molecule has 0 saturated heterocycles. The highest BCUT2D eigenvalue weighted by Gasteiger charge is 2.17. The minimum atomic E-state index is -0.989. The van der Waals surface area contributed by atoms with Gasteiger partial charge in [-0.15, -0.1) is 0 Å². The molecular weight excluding hydrogens is 284 g/mol. The van der Waals surface area contributed by atoms with Gasteiger partial charge in [-0.1, -0.05) is 12.1 Å². The van der Waals surface area contributed by atoms with E-state index in [1.165, 1.54) is 0 Å². The molecule has 0 heterocycles. The van der Waals surface area contributed by atoms with E-state index in [9.17, 15) is 20.8 Å². The first-order chi connectivity index (χ1) is 10.6. The van der Waals surface area contributed by atoms with Gasteiger partial charge < -0.3 is 10.4 Å². The molecule has 2 atom stereocenters. The Hall–Kier alpha value is -2.32. The average Bonchev–Trinajstić information content (AvgIpc) is 2.51. The van der Waals surface area contributed by atoms with Crippen LogP contribution in [0.2, 0.25) is 0 Å². The van der Waals surface area contributed by atoms with Gasteiger partial charge in [-0.2, -0.15) is 10.5 Å². The van der Waals surface area contributed by atoms with Crippen molar-refractivity contribution in [3.63, 3.8) is 0 Å². The van der Waals surface area contributed by atoms with Gasteiger partial charge in [-0.3, -0.25) is 0 Å². The molecule has 6 heteroatoms. The van der Waals surface area contributed by atoms with Crippen LogP contribution in [-0.2, 0) is 0 Å². The van der Waals surface area contributed by atoms with Gasteiger partial charge in [0.05, 0.1) is 0 Å². The number of rotatable bonds is 2. The predicted molar refractivity (Wildman–Crippen MR) is 81.7 cm³/mol. The first kappa shape index (κ1) is 13.4. The van der Waals surface area contributed by atoms with Crippen molar-refractivity contribution >= 4 is 43.7 Å². The zero-order valence-electron chi connectivity index (χ0n) is 11.3. The summed E-state index contributed by atoms with van der Waals surface area (Å²) < 4.78 is 0. The van der Waals surface area contributed by atoms with Crippen LogP contribution in [0.3, 0.4) is 0 Å². The van der Waals surface area contributed by atoms with E-state index >= 15 is 0 Å². The Morgan fingerprint density at radius 3 is 1.32 bits per heavy atom. The fourth-order valence-corrected chi connectivity index (χ4v) is 3.17. The number of hydrogen-bond donors (Lipinski definition) is 4. The molecule has 4 aromatic rings. The standard InChI is InChI=1S/C16H12N2O4/c19-17(20)13-7-3-9-1-2-10-4-8-14(18(21)22)12-6-5-11(13)15(9)16(10)12/h1-8,17-19,21H. The van der Waals surface area contributed by atoms with Gasteiger partial charge in [0, 0.05) is 33.7 Å². The van der Waals surface area contributed by atoms with Gasteiger partial charge in [0.15, 0.2) is 11.4 Å². The molecular formula is C16H12N2O4. The van der Waals surface area contributed by atoms with Crippen molar-refractivity contribution in [3.8, 4) is 0 Å². The molecule has 0 aliphatic heterocycles. The van der Waals surface area contributed by atoms with Crippen LogP contribution in [0.1, 0.15) is 0 Å². The van der Waals surface area contributed by atoms with Crippen LogP contribution < -0.4 is 10.5 Å². The van der Waals surface area contributed by atoms with Crippen molar-refractivity contribution in [1.29, 1.82) is 0 Å². The van der Waals surface area contributed by atoms with Gasteiger partial charge in [-0.25, -0.2) is 10.4 Å². The molecule has 22 heavy (non-hydrogen) atoms. The van der Waals surface area contributed by atoms with E-state index in [-0.39, 0.29) is 11.4 Å². The lowest BCUT2D eigenvalue weighted by atomic mass is 9.93. The van der Waals surface area contributed by atoms with Gasteiger partial charge in [0.1, 0.15) is 0 Å². The Kier molecular flexibility index (Phi) is 2.78. The van der Waals surface area contributed by atoms with E-state index in [1.807, 2.05) is 12.1 Å². The molecule has 4 N–H and O–H groups in total. The quantitative estimate of drug-likeness (QED) is 0.332. The lowest BCUT2D eigenvalue weighted by molar-refractivity contribution is -0.990. The Bertz CT molecular complexity index is 917. The lowest BCUT2D eigenvalue weighted by Gasteiger charge is -2.19. The van der Waals surface area contributed by atoms with Gasteiger partial charge >= 0.3 is 0 Å². The van der Waals surface area contributed by atoms with Gasteiger partial charge in [0.2, 0.25) is 0 Å². The molecule has 0 aromatic heterocycles. The van der Waals surface area contributed by atoms with Crippen molar-refractivity contribution in [1.82, 2.24) is 0 Å². The van der Waals surface area contributed by atoms with Crippen molar-refractivity contribution in [2.24, 2.45) is 0 Å². The molecule has 4 aromatic carbocycles. The third-order valence-electron chi connectivity index (χ3n) is 4.13. The highest BCUT2D eigenvalue weighted by atomic mass is 16.8. The second kappa shape index (κ2) is 4.59. The van der Waals surface area contributed by atoms with Crippen LogP contribution >= 0.6 is 0 Å². The topological polar surface area (TPSA) is 95.5 Å². The van der Waals surface area contributed by atoms with Crippen LogP contribution in [0.4, 0.5) is 11.4 Å². The van der Waals surface area contributed by atoms with Gasteiger partial charge in [-0.05, 0) is 35.0 Å². The van der Waals surface area contributed by atoms with Crippen LogP contribution in [0.5, 0.6) is 0 Å². The molecule has 2 unspecified atom stereocenters. The monoisotopic (exact) mass is 296 g/mol. The number of quaternary nitrogens is 2. The summed E-state index contributed by atoms with van der Waals surface area (Å²) in [5, 5.41) is 44.3. The lowest BCUT2D eigenvalue weighted by Crippen LogP contribution is -2.99. The maximum absolute atomic E-state index is 11.4. The summed E-state index contributed by atoms with van der Waals surface area (Å²) in [6, 6.07) is 13.9. The van der Waals surface area contributed by atoms with E-state index in [1.54, 1.807) is 36.4 Å². The van der Waals surface area contributed by atoms with E-state index < -0.39 is 10.5 Å². The predicted octanol–water partition coefficient (Wildman–Crippen LogP) is 1.39. The molecule has 0 saturated carbocycles. The number of benzene rings is 4. The summed E-state index contributed by atoms with van der Waals surface area (Å²) in [7, 11) is 0. The largest absolute Gasteiger partial charge is 0.595 e. The van der Waals surface area contributed by atoms with Crippen LogP contribution in [0.15, 0.2) is 48.5 Å². The first-order valence-electron chi connectivity index (χ1n) is 6.75. The molecule has 0 fully saturated rings. The van der Waals surface area contributed by atoms with Crippen LogP contribution in [0.25, 0.3) is 32.3 Å². The van der Waals surface area contributed by atoms with E-state index in [2.05, 4.69) is 0 Å². The van der Waals surface area contributed by atoms with E-state index in [0.717, 1.165) is 21.5 Å². The summed E-state index contributed by atoms with van der Waals surface area (Å²) in [5.74, 6) is 0. The summed E-state index contributed by atoms with van der Waals surface area (Å²) in [6.45, 7) is 0. The summed E-state index contributed by atoms with van der Waals surface area (Å²) >= 11 is 0. The van der Waals surface area contributed by atoms with E-state index in [4.69, 9.17) is 0 Å². The fourth-order valence-electron chi connectivity index (χ4n) is 3.17. The zero-order chi connectivity index (χ0) is 15.4. The molecule has 0 radical (unpaired) electrons. The SMILES string of the molecule is [O-][NH+](O)c1ccc2ccc3ccc([NH+]([O-])O)c4ccc1c2c34. The van der Waals surface area contributed by atoms with Crippen molar-refractivity contribution < 1.29 is 20.9 Å². The average molecular weight is 296 g/mol. The Balaban J connectivity index is 2.28. The Labute approximate surface area is 124 Å². The van der Waals surface area contributed by atoms with Crippen molar-refractivity contribution in [2.45, 2.75) is 0 Å². The summed E-state index contributed by atoms with van der Waals surface area (Å²) in [5.41, 5.74) is 0.449. The van der Waals surface area contributed by atoms with Crippen LogP contribution in [0, 0.1) is 10.4 Å². The maximum Gasteiger partial charge on any atom is 0.171 e. The normalized spacial score (nSPS) is 14.9. The minimum absolute atomic E-state index is 0.225. The van der Waals surface area contributed by atoms with Crippen molar-refractivity contribution in [2.75, 3.05) is 0 Å². The molecule has 110 valence electrons. The number of nitrogens with one attached hydrogen (secondary N) is 2. The van der Waals surface area contributed by atoms with Crippen LogP contribution in [-0.4, -0.2) is 10.4 Å². The zero-order valence-corrected chi connectivity index (χ0v) is 11.3. The van der Waals surface area contributed by atoms with Crippen molar-refractivity contribution in [3.05, 3.63) is 58.9 Å². The smallest absolute Gasteiger partial charge is 0.171 e. The third-order valence-corrected chi connectivity index (χ3v) is 4.13. The Morgan fingerprint density at radius 1 is 0.591 bits per heavy atom. The molecule has 4 rings (SSSR count). The second-order valence-corrected chi connectivity index (χ2v) is 5.26. The second-order valence-electron chi connectivity index (χ2n) is 5.26. The molecule has 0 aliphatic carbocycles. The van der Waals surface area contributed by atoms with E-state index in [0.29, 0.717) is 10.8 Å². The maximum atomic E-state index is 11.4. The first-order valence-corrected chi connectivity index (χ1v) is 6.75. The Morgan fingerprint density at radius 2 is 0.955 bits per heavy atom. The molecule has 0 bridgehead atoms. The molecule has 0 spiro atoms. The summed E-state index contributed by atoms with van der Waals surface area (Å²) in [4.78, 5) is 0. The number of hydrogen-bond acceptors (Lipinski definition) is 4. The fraction of sp³-hybridized carbons (Fsp3) is 0. The highest BCUT2D eigenvalue weighted by Crippen LogP contribution is 2.38. The molecule has 6 nitrogen and oxygen atoms in total. The highest BCUT2D eigenvalue weighted by molar-refractivity contribution is 6.26.